The number of unbranched alkanes of at least 4 members (excludes halogenated alkanes) is 1. The summed E-state index contributed by atoms with van der Waals surface area (Å²) in [6.45, 7) is 3.36. The second-order valence-electron chi connectivity index (χ2n) is 31.0. The van der Waals surface area contributed by atoms with Crippen molar-refractivity contribution in [1.82, 2.24) is 47.5 Å². The number of para-hydroxylation sites is 1. The molecule has 0 radical (unpaired) electrons. The van der Waals surface area contributed by atoms with Gasteiger partial charge in [0.1, 0.15) is 127 Å². The van der Waals surface area contributed by atoms with Gasteiger partial charge in [0.25, 0.3) is 0 Å². The Hall–Kier alpha value is -7.03. The summed E-state index contributed by atoms with van der Waals surface area (Å²) in [6, 6.07) is 6.56. The molecule has 23 N–H and O–H groups in total. The SMILES string of the molecule is CC(=NCCCC[C@@H]1NC(=O)[C@@H](Cc2c[nH]c3ccccc23)NC(=O)[C@H](Cc2ccc(O)c(I)c2)NC(=O)[C@@H](NC(=O)[C@@H](Cc2ccccc2)NC[C@@]2(O)OC[C@@H](O)[C@@H](O[C@H]3O[C@H](CO)[C@@H](O[C@H]4O[C@H](CO)[C@@H](O)[C@H](O)[C@H]4O)[C@H](O)[C@H]3O)[C@@H]2O)CSSC[C@@H](C(=O)N[C@@H](CO)[C@@H](C)O)NC(=O)[C@H]([C@@H](C)O)NC1=O)C1C(=O)CC(C)(C)CC1=O. The second kappa shape index (κ2) is 43.1. The number of rotatable bonds is 28. The number of halogens is 1. The molecule has 0 spiro atoms. The minimum atomic E-state index is -2.85. The van der Waals surface area contributed by atoms with Gasteiger partial charge in [-0.1, -0.05) is 90.0 Å². The molecule has 3 aromatic carbocycles. The molecule has 5 heterocycles. The fourth-order valence-corrected chi connectivity index (χ4v) is 17.3. The molecular formula is C77H107IN10O28S2. The van der Waals surface area contributed by atoms with Crippen molar-refractivity contribution < 1.29 is 138 Å². The second-order valence-corrected chi connectivity index (χ2v) is 34.7. The van der Waals surface area contributed by atoms with Gasteiger partial charge < -0.3 is 143 Å². The fraction of sp³-hybridized carbons (Fsp3) is 0.610. The first-order valence-corrected chi connectivity index (χ1v) is 42.2. The number of ketones is 2. The zero-order valence-electron chi connectivity index (χ0n) is 65.3. The van der Waals surface area contributed by atoms with Crippen molar-refractivity contribution in [2.24, 2.45) is 16.3 Å². The number of aliphatic hydroxyl groups excluding tert-OH is 12. The first kappa shape index (κ1) is 94.8. The predicted molar refractivity (Wildman–Crippen MR) is 430 cm³/mol. The summed E-state index contributed by atoms with van der Waals surface area (Å²) >= 11 is 1.86. The molecule has 4 saturated heterocycles. The number of fused-ring (bicyclic) bond motifs is 1. The van der Waals surface area contributed by atoms with Crippen LogP contribution in [0.25, 0.3) is 10.9 Å². The van der Waals surface area contributed by atoms with Crippen LogP contribution in [0.15, 0.2) is 84.0 Å². The van der Waals surface area contributed by atoms with Crippen LogP contribution in [0.4, 0.5) is 0 Å². The largest absolute Gasteiger partial charge is 0.507 e. The highest BCUT2D eigenvalue weighted by molar-refractivity contribution is 14.1. The summed E-state index contributed by atoms with van der Waals surface area (Å²) in [5.41, 5.74) is 1.74. The van der Waals surface area contributed by atoms with Crippen LogP contribution in [-0.4, -0.2) is 332 Å². The van der Waals surface area contributed by atoms with E-state index in [2.05, 4.69) is 52.5 Å². The number of phenols is 1. The van der Waals surface area contributed by atoms with E-state index in [4.69, 9.17) is 23.7 Å². The number of aromatic nitrogens is 1. The molecule has 38 nitrogen and oxygen atoms in total. The molecule has 1 aromatic heterocycles. The number of carbonyl (C=O) groups excluding carboxylic acids is 9. The number of Topliss-reactive ketones (excluding diaryl/α,β-unsaturated/α-hetero) is 2. The third-order valence-corrected chi connectivity index (χ3v) is 24.5. The number of phenolic OH excluding ortho intramolecular Hbond substituents is 1. The summed E-state index contributed by atoms with van der Waals surface area (Å²) in [7, 11) is 1.68. The van der Waals surface area contributed by atoms with E-state index >= 15 is 19.2 Å². The van der Waals surface area contributed by atoms with Crippen molar-refractivity contribution in [1.29, 1.82) is 0 Å². The maximum Gasteiger partial charge on any atom is 0.245 e. The van der Waals surface area contributed by atoms with E-state index in [1.807, 2.05) is 36.4 Å². The fourth-order valence-electron chi connectivity index (χ4n) is 14.4. The molecule has 1 aliphatic carbocycles. The minimum Gasteiger partial charge on any atom is -0.507 e. The lowest BCUT2D eigenvalue weighted by Crippen LogP contribution is -2.69. The van der Waals surface area contributed by atoms with Gasteiger partial charge in [0, 0.05) is 66.5 Å². The monoisotopic (exact) mass is 1810 g/mol. The van der Waals surface area contributed by atoms with Crippen molar-refractivity contribution in [3.63, 3.8) is 0 Å². The lowest BCUT2D eigenvalue weighted by Gasteiger charge is -2.48. The van der Waals surface area contributed by atoms with E-state index in [1.165, 1.54) is 32.0 Å². The van der Waals surface area contributed by atoms with E-state index in [9.17, 15) is 95.5 Å². The zero-order chi connectivity index (χ0) is 86.2. The number of ether oxygens (including phenoxy) is 5. The minimum absolute atomic E-state index is 0.0646. The first-order chi connectivity index (χ1) is 55.9. The number of nitrogens with zero attached hydrogens (tertiary/aromatic N) is 1. The molecule has 118 heavy (non-hydrogen) atoms. The summed E-state index contributed by atoms with van der Waals surface area (Å²) in [4.78, 5) is 140. The van der Waals surface area contributed by atoms with E-state index in [1.54, 1.807) is 67.7 Å². The van der Waals surface area contributed by atoms with Gasteiger partial charge in [0.05, 0.1) is 60.8 Å². The molecule has 0 unspecified atom stereocenters. The normalized spacial score (nSPS) is 31.9. The zero-order valence-corrected chi connectivity index (χ0v) is 69.1. The van der Waals surface area contributed by atoms with Crippen molar-refractivity contribution >= 4 is 114 Å². The van der Waals surface area contributed by atoms with Gasteiger partial charge in [-0.05, 0) is 109 Å². The third kappa shape index (κ3) is 24.7. The Bertz CT molecular complexity index is 4110. The molecule has 24 atom stereocenters. The number of aromatic amines is 1. The van der Waals surface area contributed by atoms with Crippen LogP contribution in [0.1, 0.15) is 83.4 Å². The topological polar surface area (TPSA) is 607 Å². The molecule has 41 heteroatoms. The van der Waals surface area contributed by atoms with Gasteiger partial charge in [-0.3, -0.25) is 48.1 Å². The van der Waals surface area contributed by atoms with E-state index in [-0.39, 0.29) is 75.2 Å². The van der Waals surface area contributed by atoms with Crippen molar-refractivity contribution in [3.8, 4) is 5.75 Å². The van der Waals surface area contributed by atoms with Crippen LogP contribution >= 0.6 is 44.2 Å². The average Bonchev–Trinajstić information content (AvgIpc) is 0.965. The summed E-state index contributed by atoms with van der Waals surface area (Å²) in [5, 5.41) is 175. The first-order valence-electron chi connectivity index (χ1n) is 38.6. The number of amides is 7. The van der Waals surface area contributed by atoms with Crippen LogP contribution in [0.5, 0.6) is 5.75 Å². The molecule has 4 aromatic rings. The lowest BCUT2D eigenvalue weighted by atomic mass is 9.70. The number of H-pyrrole nitrogens is 1. The molecule has 0 bridgehead atoms. The van der Waals surface area contributed by atoms with E-state index in [0.29, 0.717) is 36.9 Å². The Kier molecular flexibility index (Phi) is 34.7. The molecule has 7 amide bonds. The quantitative estimate of drug-likeness (QED) is 0.00830. The van der Waals surface area contributed by atoms with Crippen molar-refractivity contribution in [3.05, 3.63) is 99.3 Å². The Morgan fingerprint density at radius 1 is 0.695 bits per heavy atom. The lowest BCUT2D eigenvalue weighted by molar-refractivity contribution is -0.383. The van der Waals surface area contributed by atoms with Crippen molar-refractivity contribution in [2.75, 3.05) is 51.0 Å². The Morgan fingerprint density at radius 3 is 1.96 bits per heavy atom. The number of carbonyl (C=O) groups is 9. The molecule has 1 saturated carbocycles. The van der Waals surface area contributed by atoms with Crippen LogP contribution in [-0.2, 0) is 86.1 Å². The Morgan fingerprint density at radius 2 is 1.31 bits per heavy atom. The Labute approximate surface area is 700 Å². The highest BCUT2D eigenvalue weighted by Crippen LogP contribution is 2.37. The smallest absolute Gasteiger partial charge is 0.245 e. The van der Waals surface area contributed by atoms with Gasteiger partial charge in [0.15, 0.2) is 12.6 Å². The molecule has 652 valence electrons. The molecule has 5 aliphatic rings. The van der Waals surface area contributed by atoms with E-state index < -0.39 is 243 Å². The molecule has 4 aliphatic heterocycles. The number of benzene rings is 3. The highest BCUT2D eigenvalue weighted by atomic mass is 127. The van der Waals surface area contributed by atoms with Crippen LogP contribution in [0, 0.1) is 14.9 Å². The number of nitrogens with one attached hydrogen (secondary N) is 9. The number of aromatic hydroxyl groups is 1. The number of aliphatic hydroxyl groups is 13. The maximum atomic E-state index is 15.5. The number of hydrogen-bond donors (Lipinski definition) is 23. The van der Waals surface area contributed by atoms with Crippen LogP contribution in [0.3, 0.4) is 0 Å². The summed E-state index contributed by atoms with van der Waals surface area (Å²) in [6.07, 6.45) is -27.0. The van der Waals surface area contributed by atoms with Gasteiger partial charge in [-0.15, -0.1) is 0 Å². The third-order valence-electron chi connectivity index (χ3n) is 21.2. The average molecular weight is 1810 g/mol. The van der Waals surface area contributed by atoms with Gasteiger partial charge in [-0.25, -0.2) is 0 Å². The molecular weight excluding hydrogens is 1700 g/mol. The maximum absolute atomic E-state index is 15.5. The number of hydrogen-bond acceptors (Lipinski definition) is 32. The van der Waals surface area contributed by atoms with E-state index in [0.717, 1.165) is 21.6 Å². The summed E-state index contributed by atoms with van der Waals surface area (Å²) in [5.74, 6) is -12.6. The van der Waals surface area contributed by atoms with Gasteiger partial charge in [-0.2, -0.15) is 0 Å². The predicted octanol–water partition coefficient (Wildman–Crippen LogP) is -5.34. The number of aliphatic imine (C=N–C) groups is 1. The van der Waals surface area contributed by atoms with Crippen molar-refractivity contribution in [2.45, 2.75) is 232 Å². The highest BCUT2D eigenvalue weighted by Gasteiger charge is 2.56. The van der Waals surface area contributed by atoms with Gasteiger partial charge >= 0.3 is 0 Å². The Balaban J connectivity index is 1.03. The summed E-state index contributed by atoms with van der Waals surface area (Å²) < 4.78 is 28.6. The van der Waals surface area contributed by atoms with Crippen LogP contribution < -0.4 is 42.5 Å². The molecule has 5 fully saturated rings. The van der Waals surface area contributed by atoms with Crippen LogP contribution in [0.2, 0.25) is 0 Å². The molecule has 9 rings (SSSR count). The standard InChI is InChI=1S/C77H107IN10O28S2/c1-35(57-52(95)25-76(4,5)26-53(57)96)79-20-12-11-17-44-67(104)88-58(37(3)93)73(110)87-50(72(109)85-48(28-89)36(2)92)33-118-117-32-49(71(108)83-46(23-39-18-19-51(94)42(78)21-39)69(106)84-47(70(107)82-44)24-40-27-80-43-16-10-9-15-41(40)43)86-68(105)45(22-38-13-7-6-8-14-38)81-34-77(111)66(103)64(54(97)31-112-77)115-75-63(102)61(100)65(56(30-91)114-75)116-74-62(101)60(99)59(98)55(29-90)113-74/h6-10,13-16,18-19,21,27,36-37,44-50,54-66,74-75,80-81,89-94,97-103,111H,11-12,17,20,22-26,28-34H2,1-5H3,(H,82,107)(H,83,108)(H,84,106)(H,85,109)(H,86,105)(H,87,110)(H,88,104)/t36-,37-,44+,45-,46+,47-,48+,49+,50+,54-,55-,56-,58+,59-,60+,61-,62-,63-,64-,65-,66+,74-,75-,77-/m1/s1. The van der Waals surface area contributed by atoms with Gasteiger partial charge in [0.2, 0.25) is 47.1 Å².